The van der Waals surface area contributed by atoms with Crippen LogP contribution < -0.4 is 0 Å². The Bertz CT molecular complexity index is 550. The number of ether oxygens (including phenoxy) is 2. The summed E-state index contributed by atoms with van der Waals surface area (Å²) in [6, 6.07) is 8.99. The van der Waals surface area contributed by atoms with Crippen molar-refractivity contribution in [3.63, 3.8) is 0 Å². The summed E-state index contributed by atoms with van der Waals surface area (Å²) in [5.74, 6) is -3.06. The molecule has 23 heavy (non-hydrogen) atoms. The molecule has 5 heteroatoms. The molecule has 1 aromatic rings. The molecule has 2 atom stereocenters. The van der Waals surface area contributed by atoms with Gasteiger partial charge in [-0.25, -0.2) is 0 Å². The minimum atomic E-state index is -1.04. The van der Waals surface area contributed by atoms with Crippen molar-refractivity contribution in [3.05, 3.63) is 35.9 Å². The van der Waals surface area contributed by atoms with Crippen molar-refractivity contribution in [1.82, 2.24) is 0 Å². The maximum absolute atomic E-state index is 12.8. The van der Waals surface area contributed by atoms with E-state index in [1.807, 2.05) is 18.2 Å². The molecule has 1 aliphatic rings. The zero-order valence-corrected chi connectivity index (χ0v) is 13.5. The quantitative estimate of drug-likeness (QED) is 0.474. The first-order valence-corrected chi connectivity index (χ1v) is 7.85. The van der Waals surface area contributed by atoms with Gasteiger partial charge in [0.25, 0.3) is 0 Å². The van der Waals surface area contributed by atoms with E-state index in [0.717, 1.165) is 12.8 Å². The van der Waals surface area contributed by atoms with Gasteiger partial charge < -0.3 is 9.47 Å². The molecule has 1 aliphatic carbocycles. The predicted molar refractivity (Wildman–Crippen MR) is 83.7 cm³/mol. The number of esters is 2. The van der Waals surface area contributed by atoms with Gasteiger partial charge in [-0.05, 0) is 18.8 Å². The number of Topliss-reactive ketones (excluding diaryl/α,β-unsaturated/α-hetero) is 1. The largest absolute Gasteiger partial charge is 0.468 e. The van der Waals surface area contributed by atoms with E-state index >= 15 is 0 Å². The van der Waals surface area contributed by atoms with E-state index in [1.165, 1.54) is 14.2 Å². The van der Waals surface area contributed by atoms with Crippen LogP contribution in [-0.4, -0.2) is 31.9 Å². The monoisotopic (exact) mass is 318 g/mol. The van der Waals surface area contributed by atoms with E-state index in [-0.39, 0.29) is 17.6 Å². The number of hydrogen-bond donors (Lipinski definition) is 0. The molecule has 1 saturated carbocycles. The van der Waals surface area contributed by atoms with Crippen molar-refractivity contribution in [2.45, 2.75) is 25.7 Å². The van der Waals surface area contributed by atoms with Crippen LogP contribution in [0.2, 0.25) is 0 Å². The number of carbonyl (C=O) groups is 3. The van der Waals surface area contributed by atoms with Crippen molar-refractivity contribution in [2.24, 2.45) is 17.8 Å². The molecule has 2 rings (SSSR count). The lowest BCUT2D eigenvalue weighted by atomic mass is 9.69. The summed E-state index contributed by atoms with van der Waals surface area (Å²) < 4.78 is 9.54. The summed E-state index contributed by atoms with van der Waals surface area (Å²) in [4.78, 5) is 37.0. The Morgan fingerprint density at radius 1 is 0.957 bits per heavy atom. The minimum Gasteiger partial charge on any atom is -0.468 e. The van der Waals surface area contributed by atoms with Crippen molar-refractivity contribution < 1.29 is 23.9 Å². The third-order valence-corrected chi connectivity index (χ3v) is 4.55. The Morgan fingerprint density at radius 2 is 1.52 bits per heavy atom. The van der Waals surface area contributed by atoms with Gasteiger partial charge in [-0.3, -0.25) is 14.4 Å². The van der Waals surface area contributed by atoms with E-state index in [1.54, 1.807) is 12.1 Å². The molecular formula is C18H22O5. The molecule has 5 nitrogen and oxygen atoms in total. The molecule has 0 aromatic heterocycles. The van der Waals surface area contributed by atoms with Gasteiger partial charge in [-0.2, -0.15) is 0 Å². The SMILES string of the molecule is COC(=O)C(C(=O)OC)[C@@H]1CCCC[C@H]1C(=O)c1ccccc1. The molecule has 0 amide bonds. The molecule has 0 spiro atoms. The van der Waals surface area contributed by atoms with Crippen molar-refractivity contribution >= 4 is 17.7 Å². The molecule has 1 aromatic carbocycles. The maximum Gasteiger partial charge on any atom is 0.320 e. The van der Waals surface area contributed by atoms with E-state index in [0.29, 0.717) is 18.4 Å². The van der Waals surface area contributed by atoms with E-state index < -0.39 is 17.9 Å². The van der Waals surface area contributed by atoms with Crippen molar-refractivity contribution in [1.29, 1.82) is 0 Å². The number of benzene rings is 1. The van der Waals surface area contributed by atoms with Crippen LogP contribution in [0.3, 0.4) is 0 Å². The summed E-state index contributed by atoms with van der Waals surface area (Å²) in [6.45, 7) is 0. The Hall–Kier alpha value is -2.17. The number of carbonyl (C=O) groups excluding carboxylic acids is 3. The molecule has 124 valence electrons. The fourth-order valence-corrected chi connectivity index (χ4v) is 3.40. The highest BCUT2D eigenvalue weighted by Gasteiger charge is 2.44. The predicted octanol–water partition coefficient (Wildman–Crippen LogP) is 2.64. The summed E-state index contributed by atoms with van der Waals surface area (Å²) in [5.41, 5.74) is 0.609. The molecule has 0 bridgehead atoms. The highest BCUT2D eigenvalue weighted by atomic mass is 16.5. The standard InChI is InChI=1S/C18H22O5/c1-22-17(20)15(18(21)23-2)13-10-6-7-11-14(13)16(19)12-8-4-3-5-9-12/h3-5,8-9,13-15H,6-7,10-11H2,1-2H3/t13-,14-/m1/s1. The number of hydrogen-bond acceptors (Lipinski definition) is 5. The fraction of sp³-hybridized carbons (Fsp3) is 0.500. The molecule has 1 fully saturated rings. The van der Waals surface area contributed by atoms with Gasteiger partial charge in [0.2, 0.25) is 0 Å². The van der Waals surface area contributed by atoms with Crippen LogP contribution in [0.25, 0.3) is 0 Å². The molecule has 0 radical (unpaired) electrons. The lowest BCUT2D eigenvalue weighted by Crippen LogP contribution is -2.41. The summed E-state index contributed by atoms with van der Waals surface area (Å²) in [7, 11) is 2.49. The van der Waals surface area contributed by atoms with E-state index in [2.05, 4.69) is 0 Å². The van der Waals surface area contributed by atoms with Crippen LogP contribution in [0.15, 0.2) is 30.3 Å². The van der Waals surface area contributed by atoms with Gasteiger partial charge in [-0.15, -0.1) is 0 Å². The lowest BCUT2D eigenvalue weighted by molar-refractivity contribution is -0.163. The van der Waals surface area contributed by atoms with Gasteiger partial charge in [0.1, 0.15) is 0 Å². The molecular weight excluding hydrogens is 296 g/mol. The molecule has 0 heterocycles. The minimum absolute atomic E-state index is 0.0203. The molecule has 0 aliphatic heterocycles. The Labute approximate surface area is 136 Å². The second kappa shape index (κ2) is 7.90. The van der Waals surface area contributed by atoms with Crippen LogP contribution in [0.4, 0.5) is 0 Å². The van der Waals surface area contributed by atoms with Crippen LogP contribution in [0.1, 0.15) is 36.0 Å². The summed E-state index contributed by atoms with van der Waals surface area (Å²) >= 11 is 0. The molecule has 0 N–H and O–H groups in total. The second-order valence-corrected chi connectivity index (χ2v) is 5.81. The van der Waals surface area contributed by atoms with Crippen LogP contribution in [0.5, 0.6) is 0 Å². The van der Waals surface area contributed by atoms with Crippen LogP contribution in [0, 0.1) is 17.8 Å². The smallest absolute Gasteiger partial charge is 0.320 e. The van der Waals surface area contributed by atoms with Crippen LogP contribution in [-0.2, 0) is 19.1 Å². The number of methoxy groups -OCH3 is 2. The molecule has 0 unspecified atom stereocenters. The zero-order chi connectivity index (χ0) is 16.8. The van der Waals surface area contributed by atoms with Gasteiger partial charge in [0.15, 0.2) is 11.7 Å². The maximum atomic E-state index is 12.8. The molecule has 0 saturated heterocycles. The first-order chi connectivity index (χ1) is 11.1. The first-order valence-electron chi connectivity index (χ1n) is 7.85. The van der Waals surface area contributed by atoms with E-state index in [9.17, 15) is 14.4 Å². The Morgan fingerprint density at radius 3 is 2.09 bits per heavy atom. The highest BCUT2D eigenvalue weighted by Crippen LogP contribution is 2.38. The van der Waals surface area contributed by atoms with Gasteiger partial charge >= 0.3 is 11.9 Å². The normalized spacial score (nSPS) is 20.8. The van der Waals surface area contributed by atoms with E-state index in [4.69, 9.17) is 9.47 Å². The lowest BCUT2D eigenvalue weighted by Gasteiger charge is -2.33. The van der Waals surface area contributed by atoms with Gasteiger partial charge in [-0.1, -0.05) is 43.2 Å². The Kier molecular flexibility index (Phi) is 5.90. The second-order valence-electron chi connectivity index (χ2n) is 5.81. The summed E-state index contributed by atoms with van der Waals surface area (Å²) in [5, 5.41) is 0. The third kappa shape index (κ3) is 3.78. The van der Waals surface area contributed by atoms with Gasteiger partial charge in [0, 0.05) is 11.5 Å². The van der Waals surface area contributed by atoms with Crippen molar-refractivity contribution in [3.8, 4) is 0 Å². The van der Waals surface area contributed by atoms with Crippen LogP contribution >= 0.6 is 0 Å². The third-order valence-electron chi connectivity index (χ3n) is 4.55. The average Bonchev–Trinajstić information content (AvgIpc) is 2.62. The zero-order valence-electron chi connectivity index (χ0n) is 13.5. The Balaban J connectivity index is 2.31. The number of rotatable bonds is 5. The fourth-order valence-electron chi connectivity index (χ4n) is 3.40. The van der Waals surface area contributed by atoms with Crippen molar-refractivity contribution in [2.75, 3.05) is 14.2 Å². The topological polar surface area (TPSA) is 69.7 Å². The first kappa shape index (κ1) is 17.2. The van der Waals surface area contributed by atoms with Gasteiger partial charge in [0.05, 0.1) is 14.2 Å². The number of ketones is 1. The average molecular weight is 318 g/mol. The highest BCUT2D eigenvalue weighted by molar-refractivity contribution is 6.00. The summed E-state index contributed by atoms with van der Waals surface area (Å²) in [6.07, 6.45) is 3.10.